The Morgan fingerprint density at radius 3 is 2.43 bits per heavy atom. The predicted octanol–water partition coefficient (Wildman–Crippen LogP) is 0.816. The summed E-state index contributed by atoms with van der Waals surface area (Å²) in [5.74, 6) is 0.255. The number of piperazine rings is 1. The Bertz CT molecular complexity index is 453. The van der Waals surface area contributed by atoms with Gasteiger partial charge in [-0.05, 0) is 37.1 Å². The van der Waals surface area contributed by atoms with E-state index in [4.69, 9.17) is 5.73 Å². The summed E-state index contributed by atoms with van der Waals surface area (Å²) in [6.07, 6.45) is 1.66. The number of aromatic hydroxyl groups is 1. The smallest absolute Gasteiger partial charge is 0.239 e. The quantitative estimate of drug-likeness (QED) is 0.842. The van der Waals surface area contributed by atoms with Gasteiger partial charge in [-0.15, -0.1) is 0 Å². The van der Waals surface area contributed by atoms with Gasteiger partial charge >= 0.3 is 0 Å². The van der Waals surface area contributed by atoms with E-state index in [2.05, 4.69) is 11.8 Å². The lowest BCUT2D eigenvalue weighted by Crippen LogP contribution is -2.53. The minimum Gasteiger partial charge on any atom is -0.508 e. The van der Waals surface area contributed by atoms with Gasteiger partial charge in [0.05, 0.1) is 6.04 Å². The average molecular weight is 291 g/mol. The largest absolute Gasteiger partial charge is 0.508 e. The van der Waals surface area contributed by atoms with Gasteiger partial charge in [-0.3, -0.25) is 9.69 Å². The number of phenols is 1. The lowest BCUT2D eigenvalue weighted by Gasteiger charge is -2.35. The molecule has 1 heterocycles. The standard InChI is InChI=1S/C16H25N3O2/c1-2-7-18-8-10-19(11-9-18)16(21)15(17)12-13-3-5-14(20)6-4-13/h3-6,15,20H,2,7-12,17H2,1H3. The normalized spacial score (nSPS) is 17.7. The summed E-state index contributed by atoms with van der Waals surface area (Å²) in [6, 6.07) is 6.35. The third-order valence-corrected chi connectivity index (χ3v) is 3.93. The Hall–Kier alpha value is -1.59. The second kappa shape index (κ2) is 7.43. The third kappa shape index (κ3) is 4.44. The maximum atomic E-state index is 12.4. The zero-order chi connectivity index (χ0) is 15.2. The Morgan fingerprint density at radius 2 is 1.86 bits per heavy atom. The molecule has 0 spiro atoms. The first-order valence-electron chi connectivity index (χ1n) is 7.64. The van der Waals surface area contributed by atoms with E-state index in [1.165, 1.54) is 0 Å². The van der Waals surface area contributed by atoms with Crippen molar-refractivity contribution in [3.8, 4) is 5.75 Å². The number of nitrogens with two attached hydrogens (primary N) is 1. The van der Waals surface area contributed by atoms with Crippen molar-refractivity contribution in [2.45, 2.75) is 25.8 Å². The van der Waals surface area contributed by atoms with Gasteiger partial charge in [0.2, 0.25) is 5.91 Å². The molecule has 1 aliphatic heterocycles. The molecular formula is C16H25N3O2. The fourth-order valence-corrected chi connectivity index (χ4v) is 2.72. The van der Waals surface area contributed by atoms with Crippen molar-refractivity contribution in [2.75, 3.05) is 32.7 Å². The SMILES string of the molecule is CCCN1CCN(C(=O)C(N)Cc2ccc(O)cc2)CC1. The summed E-state index contributed by atoms with van der Waals surface area (Å²) in [5, 5.41) is 9.26. The number of nitrogens with zero attached hydrogens (tertiary/aromatic N) is 2. The second-order valence-electron chi connectivity index (χ2n) is 5.64. The van der Waals surface area contributed by atoms with E-state index in [0.717, 1.165) is 44.7 Å². The van der Waals surface area contributed by atoms with Gasteiger partial charge in [0, 0.05) is 26.2 Å². The third-order valence-electron chi connectivity index (χ3n) is 3.93. The van der Waals surface area contributed by atoms with Crippen LogP contribution in [-0.2, 0) is 11.2 Å². The fraction of sp³-hybridized carbons (Fsp3) is 0.562. The number of benzene rings is 1. The summed E-state index contributed by atoms with van der Waals surface area (Å²) in [5.41, 5.74) is 7.01. The van der Waals surface area contributed by atoms with Crippen molar-refractivity contribution in [3.05, 3.63) is 29.8 Å². The highest BCUT2D eigenvalue weighted by Crippen LogP contribution is 2.12. The van der Waals surface area contributed by atoms with E-state index in [0.29, 0.717) is 6.42 Å². The van der Waals surface area contributed by atoms with Crippen LogP contribution in [0.2, 0.25) is 0 Å². The number of carbonyl (C=O) groups excluding carboxylic acids is 1. The van der Waals surface area contributed by atoms with E-state index >= 15 is 0 Å². The molecule has 1 saturated heterocycles. The highest BCUT2D eigenvalue weighted by Gasteiger charge is 2.24. The summed E-state index contributed by atoms with van der Waals surface area (Å²) in [6.45, 7) is 6.67. The van der Waals surface area contributed by atoms with Crippen LogP contribution in [0.5, 0.6) is 5.75 Å². The van der Waals surface area contributed by atoms with Crippen LogP contribution < -0.4 is 5.73 Å². The van der Waals surface area contributed by atoms with E-state index in [-0.39, 0.29) is 11.7 Å². The van der Waals surface area contributed by atoms with Gasteiger partial charge < -0.3 is 15.7 Å². The van der Waals surface area contributed by atoms with Crippen molar-refractivity contribution in [3.63, 3.8) is 0 Å². The molecule has 5 heteroatoms. The fourth-order valence-electron chi connectivity index (χ4n) is 2.72. The number of phenolic OH excluding ortho intramolecular Hbond substituents is 1. The monoisotopic (exact) mass is 291 g/mol. The second-order valence-corrected chi connectivity index (χ2v) is 5.64. The molecule has 3 N–H and O–H groups in total. The van der Waals surface area contributed by atoms with Crippen LogP contribution in [0.15, 0.2) is 24.3 Å². The maximum Gasteiger partial charge on any atom is 0.239 e. The summed E-state index contributed by atoms with van der Waals surface area (Å²) in [4.78, 5) is 16.6. The highest BCUT2D eigenvalue weighted by molar-refractivity contribution is 5.82. The van der Waals surface area contributed by atoms with Gasteiger partial charge in [0.1, 0.15) is 5.75 Å². The molecule has 1 unspecified atom stereocenters. The van der Waals surface area contributed by atoms with Crippen molar-refractivity contribution >= 4 is 5.91 Å². The summed E-state index contributed by atoms with van der Waals surface area (Å²) in [7, 11) is 0. The van der Waals surface area contributed by atoms with Crippen LogP contribution in [0.25, 0.3) is 0 Å². The van der Waals surface area contributed by atoms with Crippen LogP contribution >= 0.6 is 0 Å². The van der Waals surface area contributed by atoms with E-state index in [1.54, 1.807) is 12.1 Å². The van der Waals surface area contributed by atoms with Crippen molar-refractivity contribution in [2.24, 2.45) is 5.73 Å². The Labute approximate surface area is 126 Å². The minimum atomic E-state index is -0.507. The lowest BCUT2D eigenvalue weighted by atomic mass is 10.0. The molecule has 5 nitrogen and oxygen atoms in total. The average Bonchev–Trinajstić information content (AvgIpc) is 2.50. The first kappa shape index (κ1) is 15.8. The van der Waals surface area contributed by atoms with E-state index in [9.17, 15) is 9.90 Å². The molecule has 1 aliphatic rings. The molecular weight excluding hydrogens is 266 g/mol. The molecule has 1 amide bonds. The lowest BCUT2D eigenvalue weighted by molar-refractivity contribution is -0.134. The van der Waals surface area contributed by atoms with Crippen LogP contribution in [0, 0.1) is 0 Å². The molecule has 21 heavy (non-hydrogen) atoms. The Balaban J connectivity index is 1.84. The molecule has 0 radical (unpaired) electrons. The van der Waals surface area contributed by atoms with Crippen LogP contribution in [0.1, 0.15) is 18.9 Å². The molecule has 2 rings (SSSR count). The van der Waals surface area contributed by atoms with E-state index < -0.39 is 6.04 Å². The summed E-state index contributed by atoms with van der Waals surface area (Å²) < 4.78 is 0. The van der Waals surface area contributed by atoms with Gasteiger partial charge in [-0.25, -0.2) is 0 Å². The number of amides is 1. The molecule has 1 fully saturated rings. The minimum absolute atomic E-state index is 0.0271. The molecule has 116 valence electrons. The van der Waals surface area contributed by atoms with Gasteiger partial charge in [-0.1, -0.05) is 19.1 Å². The Kier molecular flexibility index (Phi) is 5.59. The number of hydrogen-bond acceptors (Lipinski definition) is 4. The molecule has 0 aromatic heterocycles. The van der Waals surface area contributed by atoms with Gasteiger partial charge in [-0.2, -0.15) is 0 Å². The van der Waals surface area contributed by atoms with E-state index in [1.807, 2.05) is 17.0 Å². The molecule has 0 saturated carbocycles. The zero-order valence-corrected chi connectivity index (χ0v) is 12.7. The van der Waals surface area contributed by atoms with Crippen LogP contribution in [-0.4, -0.2) is 59.6 Å². The highest BCUT2D eigenvalue weighted by atomic mass is 16.3. The first-order chi connectivity index (χ1) is 10.1. The van der Waals surface area contributed by atoms with Crippen molar-refractivity contribution < 1.29 is 9.90 Å². The molecule has 1 aromatic rings. The molecule has 1 aromatic carbocycles. The van der Waals surface area contributed by atoms with Crippen LogP contribution in [0.3, 0.4) is 0 Å². The Morgan fingerprint density at radius 1 is 1.24 bits per heavy atom. The summed E-state index contributed by atoms with van der Waals surface area (Å²) >= 11 is 0. The molecule has 1 atom stereocenters. The number of carbonyl (C=O) groups is 1. The van der Waals surface area contributed by atoms with Crippen LogP contribution in [0.4, 0.5) is 0 Å². The number of hydrogen-bond donors (Lipinski definition) is 2. The zero-order valence-electron chi connectivity index (χ0n) is 12.7. The molecule has 0 bridgehead atoms. The van der Waals surface area contributed by atoms with Crippen molar-refractivity contribution in [1.29, 1.82) is 0 Å². The predicted molar refractivity (Wildman–Crippen MR) is 83.1 cm³/mol. The number of rotatable bonds is 5. The van der Waals surface area contributed by atoms with Crippen molar-refractivity contribution in [1.82, 2.24) is 9.80 Å². The molecule has 0 aliphatic carbocycles. The first-order valence-corrected chi connectivity index (χ1v) is 7.64. The topological polar surface area (TPSA) is 69.8 Å². The van der Waals surface area contributed by atoms with Gasteiger partial charge in [0.15, 0.2) is 0 Å². The maximum absolute atomic E-state index is 12.4. The van der Waals surface area contributed by atoms with Gasteiger partial charge in [0.25, 0.3) is 0 Å².